The minimum absolute atomic E-state index is 0.172. The van der Waals surface area contributed by atoms with Gasteiger partial charge in [-0.3, -0.25) is 4.79 Å². The molecule has 1 aliphatic heterocycles. The van der Waals surface area contributed by atoms with Crippen LogP contribution in [0.3, 0.4) is 0 Å². The summed E-state index contributed by atoms with van der Waals surface area (Å²) in [6, 6.07) is 6.35. The van der Waals surface area contributed by atoms with Gasteiger partial charge in [0.05, 0.1) is 7.11 Å². The molecule has 1 aliphatic rings. The molecule has 1 aromatic carbocycles. The number of carbonyl (C=O) groups excluding carboxylic acids is 1. The number of hydrogen-bond acceptors (Lipinski definition) is 2. The second kappa shape index (κ2) is 5.21. The largest absolute Gasteiger partial charge is 0.496 e. The standard InChI is InChI=1S/C14H19NO2/c1-3-10-8-11(4-6-13(10)17-2)12-5-7-14(16)15-9-12/h4,6,8,12H,3,5,7,9H2,1-2H3,(H,15,16). The molecule has 1 heterocycles. The lowest BCUT2D eigenvalue weighted by molar-refractivity contribution is -0.122. The Kier molecular flexibility index (Phi) is 3.67. The van der Waals surface area contributed by atoms with Crippen LogP contribution in [0, 0.1) is 0 Å². The number of aryl methyl sites for hydroxylation is 1. The predicted octanol–water partition coefficient (Wildman–Crippen LogP) is 2.25. The average molecular weight is 233 g/mol. The van der Waals surface area contributed by atoms with Gasteiger partial charge in [-0.1, -0.05) is 19.1 Å². The zero-order valence-corrected chi connectivity index (χ0v) is 10.5. The fourth-order valence-corrected chi connectivity index (χ4v) is 2.35. The van der Waals surface area contributed by atoms with Crippen LogP contribution in [0.1, 0.15) is 36.8 Å². The van der Waals surface area contributed by atoms with Gasteiger partial charge >= 0.3 is 0 Å². The Morgan fingerprint density at radius 2 is 2.29 bits per heavy atom. The van der Waals surface area contributed by atoms with E-state index in [1.54, 1.807) is 7.11 Å². The number of rotatable bonds is 3. The maximum absolute atomic E-state index is 11.1. The molecule has 1 saturated heterocycles. The Bertz CT molecular complexity index is 405. The molecule has 1 fully saturated rings. The number of carbonyl (C=O) groups is 1. The summed E-state index contributed by atoms with van der Waals surface area (Å²) >= 11 is 0. The number of piperidine rings is 1. The van der Waals surface area contributed by atoms with Gasteiger partial charge in [-0.25, -0.2) is 0 Å². The molecule has 0 saturated carbocycles. The fourth-order valence-electron chi connectivity index (χ4n) is 2.35. The van der Waals surface area contributed by atoms with Crippen LogP contribution in [0.15, 0.2) is 18.2 Å². The number of hydrogen-bond donors (Lipinski definition) is 1. The van der Waals surface area contributed by atoms with E-state index in [1.165, 1.54) is 11.1 Å². The molecule has 1 atom stereocenters. The van der Waals surface area contributed by atoms with Crippen molar-refractivity contribution in [1.29, 1.82) is 0 Å². The fraction of sp³-hybridized carbons (Fsp3) is 0.500. The monoisotopic (exact) mass is 233 g/mol. The lowest BCUT2D eigenvalue weighted by Crippen LogP contribution is -2.33. The number of amides is 1. The second-order valence-corrected chi connectivity index (χ2v) is 4.46. The van der Waals surface area contributed by atoms with E-state index in [2.05, 4.69) is 24.4 Å². The number of ether oxygens (including phenoxy) is 1. The highest BCUT2D eigenvalue weighted by atomic mass is 16.5. The van der Waals surface area contributed by atoms with Gasteiger partial charge in [0.2, 0.25) is 5.91 Å². The summed E-state index contributed by atoms with van der Waals surface area (Å²) in [7, 11) is 1.70. The topological polar surface area (TPSA) is 38.3 Å². The zero-order valence-electron chi connectivity index (χ0n) is 10.5. The molecular weight excluding hydrogens is 214 g/mol. The number of methoxy groups -OCH3 is 1. The molecule has 0 spiro atoms. The highest BCUT2D eigenvalue weighted by molar-refractivity contribution is 5.76. The van der Waals surface area contributed by atoms with E-state index < -0.39 is 0 Å². The first-order valence-electron chi connectivity index (χ1n) is 6.18. The van der Waals surface area contributed by atoms with Gasteiger partial charge in [-0.2, -0.15) is 0 Å². The van der Waals surface area contributed by atoms with Crippen molar-refractivity contribution in [3.63, 3.8) is 0 Å². The van der Waals surface area contributed by atoms with Crippen molar-refractivity contribution in [3.8, 4) is 5.75 Å². The summed E-state index contributed by atoms with van der Waals surface area (Å²) in [5.74, 6) is 1.57. The van der Waals surface area contributed by atoms with Gasteiger partial charge in [0.1, 0.15) is 5.75 Å². The summed E-state index contributed by atoms with van der Waals surface area (Å²) in [6.45, 7) is 2.89. The van der Waals surface area contributed by atoms with Gasteiger partial charge < -0.3 is 10.1 Å². The Balaban J connectivity index is 2.18. The third kappa shape index (κ3) is 2.60. The van der Waals surface area contributed by atoms with Crippen LogP contribution in [-0.2, 0) is 11.2 Å². The lowest BCUT2D eigenvalue weighted by Gasteiger charge is -2.23. The van der Waals surface area contributed by atoms with Crippen LogP contribution >= 0.6 is 0 Å². The van der Waals surface area contributed by atoms with Gasteiger partial charge in [0.15, 0.2) is 0 Å². The third-order valence-corrected chi connectivity index (χ3v) is 3.42. The van der Waals surface area contributed by atoms with Gasteiger partial charge in [-0.05, 0) is 30.0 Å². The molecule has 3 nitrogen and oxygen atoms in total. The quantitative estimate of drug-likeness (QED) is 0.869. The molecule has 1 amide bonds. The van der Waals surface area contributed by atoms with Crippen LogP contribution in [0.5, 0.6) is 5.75 Å². The smallest absolute Gasteiger partial charge is 0.220 e. The number of benzene rings is 1. The molecule has 0 aromatic heterocycles. The SMILES string of the molecule is CCc1cc(C2CCC(=O)NC2)ccc1OC. The van der Waals surface area contributed by atoms with Crippen molar-refractivity contribution in [2.45, 2.75) is 32.1 Å². The molecule has 17 heavy (non-hydrogen) atoms. The number of nitrogens with one attached hydrogen (secondary N) is 1. The van der Waals surface area contributed by atoms with E-state index in [-0.39, 0.29) is 5.91 Å². The van der Waals surface area contributed by atoms with E-state index in [4.69, 9.17) is 4.74 Å². The minimum atomic E-state index is 0.172. The van der Waals surface area contributed by atoms with E-state index in [0.29, 0.717) is 12.3 Å². The van der Waals surface area contributed by atoms with Crippen molar-refractivity contribution < 1.29 is 9.53 Å². The van der Waals surface area contributed by atoms with Gasteiger partial charge in [-0.15, -0.1) is 0 Å². The van der Waals surface area contributed by atoms with Crippen molar-refractivity contribution in [2.75, 3.05) is 13.7 Å². The first-order valence-corrected chi connectivity index (χ1v) is 6.18. The lowest BCUT2D eigenvalue weighted by atomic mass is 9.90. The summed E-state index contributed by atoms with van der Waals surface area (Å²) in [6.07, 6.45) is 2.55. The van der Waals surface area contributed by atoms with E-state index in [1.807, 2.05) is 6.07 Å². The molecular formula is C14H19NO2. The Labute approximate surface area is 102 Å². The summed E-state index contributed by atoms with van der Waals surface area (Å²) in [5.41, 5.74) is 2.55. The molecule has 1 N–H and O–H groups in total. The molecule has 0 bridgehead atoms. The Morgan fingerprint density at radius 3 is 2.88 bits per heavy atom. The van der Waals surface area contributed by atoms with Gasteiger partial charge in [0, 0.05) is 18.9 Å². The second-order valence-electron chi connectivity index (χ2n) is 4.46. The van der Waals surface area contributed by atoms with E-state index >= 15 is 0 Å². The molecule has 0 aliphatic carbocycles. The van der Waals surface area contributed by atoms with E-state index in [0.717, 1.165) is 25.1 Å². The Morgan fingerprint density at radius 1 is 1.47 bits per heavy atom. The first kappa shape index (κ1) is 12.0. The van der Waals surface area contributed by atoms with Crippen molar-refractivity contribution >= 4 is 5.91 Å². The highest BCUT2D eigenvalue weighted by Crippen LogP contribution is 2.28. The maximum Gasteiger partial charge on any atom is 0.220 e. The van der Waals surface area contributed by atoms with Crippen LogP contribution in [-0.4, -0.2) is 19.6 Å². The van der Waals surface area contributed by atoms with Crippen LogP contribution in [0.2, 0.25) is 0 Å². The summed E-state index contributed by atoms with van der Waals surface area (Å²) in [4.78, 5) is 11.1. The molecule has 3 heteroatoms. The molecule has 1 aromatic rings. The van der Waals surface area contributed by atoms with Crippen LogP contribution in [0.4, 0.5) is 0 Å². The molecule has 92 valence electrons. The molecule has 2 rings (SSSR count). The van der Waals surface area contributed by atoms with Crippen molar-refractivity contribution in [3.05, 3.63) is 29.3 Å². The highest BCUT2D eigenvalue weighted by Gasteiger charge is 2.20. The first-order chi connectivity index (χ1) is 8.24. The van der Waals surface area contributed by atoms with Crippen molar-refractivity contribution in [2.24, 2.45) is 0 Å². The minimum Gasteiger partial charge on any atom is -0.496 e. The van der Waals surface area contributed by atoms with Gasteiger partial charge in [0.25, 0.3) is 0 Å². The van der Waals surface area contributed by atoms with Crippen LogP contribution < -0.4 is 10.1 Å². The van der Waals surface area contributed by atoms with E-state index in [9.17, 15) is 4.79 Å². The maximum atomic E-state index is 11.1. The molecule has 1 unspecified atom stereocenters. The average Bonchev–Trinajstić information content (AvgIpc) is 2.39. The van der Waals surface area contributed by atoms with Crippen molar-refractivity contribution in [1.82, 2.24) is 5.32 Å². The predicted molar refractivity (Wildman–Crippen MR) is 67.4 cm³/mol. The molecule has 0 radical (unpaired) electrons. The van der Waals surface area contributed by atoms with Crippen LogP contribution in [0.25, 0.3) is 0 Å². The summed E-state index contributed by atoms with van der Waals surface area (Å²) in [5, 5.41) is 2.93. The summed E-state index contributed by atoms with van der Waals surface area (Å²) < 4.78 is 5.33. The zero-order chi connectivity index (χ0) is 12.3. The third-order valence-electron chi connectivity index (χ3n) is 3.42. The normalized spacial score (nSPS) is 19.9. The Hall–Kier alpha value is -1.51.